The smallest absolute Gasteiger partial charge is 0.244 e. The second kappa shape index (κ2) is 8.32. The molecule has 2 aromatic rings. The van der Waals surface area contributed by atoms with Crippen molar-refractivity contribution in [1.29, 1.82) is 0 Å². The van der Waals surface area contributed by atoms with Crippen molar-refractivity contribution in [3.63, 3.8) is 0 Å². The number of aromatic nitrogens is 2. The highest BCUT2D eigenvalue weighted by molar-refractivity contribution is 7.89. The normalized spacial score (nSPS) is 17.8. The van der Waals surface area contributed by atoms with Crippen LogP contribution < -0.4 is 10.1 Å². The van der Waals surface area contributed by atoms with Gasteiger partial charge >= 0.3 is 0 Å². The number of aryl methyl sites for hydroxylation is 1. The number of sulfonamides is 1. The van der Waals surface area contributed by atoms with Crippen molar-refractivity contribution in [2.75, 3.05) is 19.0 Å². The Kier molecular flexibility index (Phi) is 6.08. The Morgan fingerprint density at radius 1 is 1.33 bits per heavy atom. The number of rotatable bonds is 7. The van der Waals surface area contributed by atoms with E-state index >= 15 is 0 Å². The van der Waals surface area contributed by atoms with Gasteiger partial charge in [0.1, 0.15) is 16.8 Å². The van der Waals surface area contributed by atoms with Crippen molar-refractivity contribution in [2.45, 2.75) is 43.5 Å². The monoisotopic (exact) mass is 410 g/mol. The molecule has 3 rings (SSSR count). The van der Waals surface area contributed by atoms with Crippen LogP contribution in [-0.4, -0.2) is 48.5 Å². The molecule has 0 radical (unpaired) electrons. The van der Waals surface area contributed by atoms with Crippen LogP contribution in [0, 0.1) is 0 Å². The van der Waals surface area contributed by atoms with E-state index in [4.69, 9.17) is 4.74 Å². The summed E-state index contributed by atoms with van der Waals surface area (Å²) < 4.78 is 32.3. The third-order valence-electron chi connectivity index (χ3n) is 4.33. The van der Waals surface area contributed by atoms with Crippen LogP contribution in [-0.2, 0) is 21.2 Å². The first kappa shape index (κ1) is 19.7. The topological polar surface area (TPSA) is 101 Å². The maximum Gasteiger partial charge on any atom is 0.244 e. The van der Waals surface area contributed by atoms with Gasteiger partial charge in [0.25, 0.3) is 0 Å². The molecule has 1 aliphatic rings. The summed E-state index contributed by atoms with van der Waals surface area (Å²) in [5.41, 5.74) is 0. The van der Waals surface area contributed by atoms with E-state index in [1.807, 2.05) is 6.92 Å². The zero-order chi connectivity index (χ0) is 19.4. The molecule has 1 fully saturated rings. The SMILES string of the molecule is CCCc1nnc(NC(=O)[C@@H]2CCCN2S(=O)(=O)c2ccc(OC)cc2)s1. The van der Waals surface area contributed by atoms with E-state index in [1.165, 1.54) is 34.9 Å². The van der Waals surface area contributed by atoms with Crippen LogP contribution in [0.1, 0.15) is 31.2 Å². The summed E-state index contributed by atoms with van der Waals surface area (Å²) in [5, 5.41) is 12.0. The molecule has 1 aromatic heterocycles. The minimum atomic E-state index is -3.77. The molecule has 8 nitrogen and oxygen atoms in total. The van der Waals surface area contributed by atoms with Crippen LogP contribution in [0.15, 0.2) is 29.2 Å². The first-order chi connectivity index (χ1) is 13.0. The molecular formula is C17H22N4O4S2. The summed E-state index contributed by atoms with van der Waals surface area (Å²) in [6.45, 7) is 2.35. The van der Waals surface area contributed by atoms with Crippen molar-refractivity contribution in [3.8, 4) is 5.75 Å². The maximum absolute atomic E-state index is 13.0. The number of ether oxygens (including phenoxy) is 1. The second-order valence-corrected chi connectivity index (χ2v) is 9.14. The van der Waals surface area contributed by atoms with Gasteiger partial charge in [-0.3, -0.25) is 10.1 Å². The van der Waals surface area contributed by atoms with Crippen molar-refractivity contribution in [2.24, 2.45) is 0 Å². The minimum absolute atomic E-state index is 0.143. The Labute approximate surface area is 162 Å². The van der Waals surface area contributed by atoms with E-state index in [9.17, 15) is 13.2 Å². The fourth-order valence-corrected chi connectivity index (χ4v) is 5.48. The van der Waals surface area contributed by atoms with Crippen LogP contribution in [0.3, 0.4) is 0 Å². The van der Waals surface area contributed by atoms with Gasteiger partial charge in [-0.05, 0) is 43.5 Å². The van der Waals surface area contributed by atoms with Crippen molar-refractivity contribution in [3.05, 3.63) is 29.3 Å². The molecule has 0 bridgehead atoms. The molecule has 0 unspecified atom stereocenters. The lowest BCUT2D eigenvalue weighted by molar-refractivity contribution is -0.119. The molecular weight excluding hydrogens is 388 g/mol. The van der Waals surface area contributed by atoms with Gasteiger partial charge in [-0.25, -0.2) is 8.42 Å². The van der Waals surface area contributed by atoms with E-state index in [0.29, 0.717) is 30.3 Å². The standard InChI is InChI=1S/C17H22N4O4S2/c1-3-5-15-19-20-17(26-15)18-16(22)14-6-4-11-21(14)27(23,24)13-9-7-12(25-2)8-10-13/h7-10,14H,3-6,11H2,1-2H3,(H,18,20,22)/t14-/m0/s1. The summed E-state index contributed by atoms with van der Waals surface area (Å²) >= 11 is 1.32. The molecule has 0 spiro atoms. The highest BCUT2D eigenvalue weighted by atomic mass is 32.2. The number of carbonyl (C=O) groups excluding carboxylic acids is 1. The number of carbonyl (C=O) groups is 1. The molecule has 10 heteroatoms. The third-order valence-corrected chi connectivity index (χ3v) is 7.15. The number of nitrogens with one attached hydrogen (secondary N) is 1. The average molecular weight is 411 g/mol. The fourth-order valence-electron chi connectivity index (χ4n) is 2.98. The van der Waals surface area contributed by atoms with Crippen LogP contribution in [0.4, 0.5) is 5.13 Å². The van der Waals surface area contributed by atoms with E-state index < -0.39 is 16.1 Å². The van der Waals surface area contributed by atoms with E-state index in [0.717, 1.165) is 17.8 Å². The number of nitrogens with zero attached hydrogens (tertiary/aromatic N) is 3. The number of methoxy groups -OCH3 is 1. The molecule has 1 atom stereocenters. The van der Waals surface area contributed by atoms with E-state index in [1.54, 1.807) is 12.1 Å². The van der Waals surface area contributed by atoms with Crippen LogP contribution in [0.5, 0.6) is 5.75 Å². The molecule has 1 aliphatic heterocycles. The van der Waals surface area contributed by atoms with Gasteiger partial charge < -0.3 is 4.74 Å². The third kappa shape index (κ3) is 4.28. The number of anilines is 1. The van der Waals surface area contributed by atoms with Crippen LogP contribution in [0.2, 0.25) is 0 Å². The first-order valence-corrected chi connectivity index (χ1v) is 11.0. The van der Waals surface area contributed by atoms with Gasteiger partial charge in [0.15, 0.2) is 0 Å². The predicted octanol–water partition coefficient (Wildman–Crippen LogP) is 2.29. The Morgan fingerprint density at radius 3 is 2.74 bits per heavy atom. The lowest BCUT2D eigenvalue weighted by Gasteiger charge is -2.23. The van der Waals surface area contributed by atoms with Crippen molar-refractivity contribution >= 4 is 32.4 Å². The zero-order valence-corrected chi connectivity index (χ0v) is 16.8. The zero-order valence-electron chi connectivity index (χ0n) is 15.2. The molecule has 1 aromatic carbocycles. The van der Waals surface area contributed by atoms with E-state index in [2.05, 4.69) is 15.5 Å². The largest absolute Gasteiger partial charge is 0.497 e. The summed E-state index contributed by atoms with van der Waals surface area (Å²) in [4.78, 5) is 12.8. The summed E-state index contributed by atoms with van der Waals surface area (Å²) in [6.07, 6.45) is 2.85. The maximum atomic E-state index is 13.0. The summed E-state index contributed by atoms with van der Waals surface area (Å²) in [6, 6.07) is 5.41. The van der Waals surface area contributed by atoms with Gasteiger partial charge in [-0.15, -0.1) is 10.2 Å². The van der Waals surface area contributed by atoms with Gasteiger partial charge in [-0.1, -0.05) is 18.3 Å². The quantitative estimate of drug-likeness (QED) is 0.751. The predicted molar refractivity (Wildman–Crippen MR) is 102 cm³/mol. The Morgan fingerprint density at radius 2 is 2.07 bits per heavy atom. The highest BCUT2D eigenvalue weighted by Crippen LogP contribution is 2.28. The minimum Gasteiger partial charge on any atom is -0.497 e. The molecule has 1 N–H and O–H groups in total. The molecule has 27 heavy (non-hydrogen) atoms. The molecule has 2 heterocycles. The lowest BCUT2D eigenvalue weighted by Crippen LogP contribution is -2.43. The number of benzene rings is 1. The first-order valence-electron chi connectivity index (χ1n) is 8.75. The molecule has 0 saturated carbocycles. The van der Waals surface area contributed by atoms with Gasteiger partial charge in [0.2, 0.25) is 21.1 Å². The molecule has 146 valence electrons. The number of amides is 1. The van der Waals surface area contributed by atoms with E-state index in [-0.39, 0.29) is 10.8 Å². The van der Waals surface area contributed by atoms with Crippen molar-refractivity contribution < 1.29 is 17.9 Å². The lowest BCUT2D eigenvalue weighted by atomic mass is 10.2. The van der Waals surface area contributed by atoms with Crippen LogP contribution in [0.25, 0.3) is 0 Å². The number of hydrogen-bond donors (Lipinski definition) is 1. The number of hydrogen-bond acceptors (Lipinski definition) is 7. The molecule has 1 saturated heterocycles. The Bertz CT molecular complexity index is 896. The molecule has 0 aliphatic carbocycles. The second-order valence-electron chi connectivity index (χ2n) is 6.19. The Balaban J connectivity index is 1.75. The Hall–Kier alpha value is -2.04. The molecule has 1 amide bonds. The van der Waals surface area contributed by atoms with Gasteiger partial charge in [-0.2, -0.15) is 4.31 Å². The summed E-state index contributed by atoms with van der Waals surface area (Å²) in [7, 11) is -2.25. The van der Waals surface area contributed by atoms with Gasteiger partial charge in [0, 0.05) is 13.0 Å². The van der Waals surface area contributed by atoms with Gasteiger partial charge in [0.05, 0.1) is 12.0 Å². The van der Waals surface area contributed by atoms with Crippen LogP contribution >= 0.6 is 11.3 Å². The average Bonchev–Trinajstić information content (AvgIpc) is 3.32. The fraction of sp³-hybridized carbons (Fsp3) is 0.471. The summed E-state index contributed by atoms with van der Waals surface area (Å²) in [5.74, 6) is 0.201. The highest BCUT2D eigenvalue weighted by Gasteiger charge is 2.39. The van der Waals surface area contributed by atoms with Crippen molar-refractivity contribution in [1.82, 2.24) is 14.5 Å².